The van der Waals surface area contributed by atoms with Gasteiger partial charge in [-0.15, -0.1) is 0 Å². The van der Waals surface area contributed by atoms with E-state index in [-0.39, 0.29) is 5.82 Å². The Kier molecular flexibility index (Phi) is 6.62. The Morgan fingerprint density at radius 2 is 2.05 bits per heavy atom. The smallest absolute Gasteiger partial charge is 0.325 e. The molecule has 0 amide bonds. The molecule has 1 atom stereocenters. The van der Waals surface area contributed by atoms with Crippen LogP contribution >= 0.6 is 0 Å². The number of halogens is 1. The molecule has 2 N–H and O–H groups in total. The second-order valence-electron chi connectivity index (χ2n) is 5.40. The fourth-order valence-electron chi connectivity index (χ4n) is 2.29. The maximum absolute atomic E-state index is 13.8. The Morgan fingerprint density at radius 1 is 1.38 bits per heavy atom. The van der Waals surface area contributed by atoms with Crippen LogP contribution in [0.3, 0.4) is 0 Å². The molecular formula is C16H25FN2O2. The monoisotopic (exact) mass is 296 g/mol. The molecule has 0 aliphatic carbocycles. The summed E-state index contributed by atoms with van der Waals surface area (Å²) in [6, 6.07) is 6.75. The van der Waals surface area contributed by atoms with Crippen molar-refractivity contribution in [1.29, 1.82) is 0 Å². The van der Waals surface area contributed by atoms with Gasteiger partial charge < -0.3 is 15.4 Å². The average molecular weight is 296 g/mol. The summed E-state index contributed by atoms with van der Waals surface area (Å²) < 4.78 is 18.4. The molecule has 0 aromatic heterocycles. The summed E-state index contributed by atoms with van der Waals surface area (Å²) in [4.78, 5) is 13.5. The van der Waals surface area contributed by atoms with Gasteiger partial charge in [0, 0.05) is 13.1 Å². The third-order valence-corrected chi connectivity index (χ3v) is 3.60. The lowest BCUT2D eigenvalue weighted by Gasteiger charge is -2.25. The highest BCUT2D eigenvalue weighted by atomic mass is 19.1. The van der Waals surface area contributed by atoms with Gasteiger partial charge in [-0.1, -0.05) is 12.1 Å². The lowest BCUT2D eigenvalue weighted by atomic mass is 9.96. The maximum Gasteiger partial charge on any atom is 0.325 e. The predicted molar refractivity (Wildman–Crippen MR) is 82.7 cm³/mol. The van der Waals surface area contributed by atoms with E-state index in [0.717, 1.165) is 25.9 Å². The van der Waals surface area contributed by atoms with Crippen LogP contribution in [0.4, 0.5) is 10.1 Å². The zero-order valence-electron chi connectivity index (χ0n) is 13.1. The van der Waals surface area contributed by atoms with Gasteiger partial charge in [0.25, 0.3) is 0 Å². The molecular weight excluding hydrogens is 271 g/mol. The minimum Gasteiger partial charge on any atom is -0.468 e. The number of hydrogen-bond acceptors (Lipinski definition) is 4. The van der Waals surface area contributed by atoms with Crippen LogP contribution in [0.15, 0.2) is 24.3 Å². The van der Waals surface area contributed by atoms with Crippen molar-refractivity contribution < 1.29 is 13.9 Å². The van der Waals surface area contributed by atoms with Gasteiger partial charge in [-0.2, -0.15) is 0 Å². The quantitative estimate of drug-likeness (QED) is 0.592. The van der Waals surface area contributed by atoms with Gasteiger partial charge in [-0.25, -0.2) is 4.39 Å². The van der Waals surface area contributed by atoms with Gasteiger partial charge in [0.1, 0.15) is 11.4 Å². The molecule has 1 aromatic carbocycles. The number of nitrogens with two attached hydrogens (primary N) is 1. The Balaban J connectivity index is 2.47. The number of carbonyl (C=O) groups excluding carboxylic acids is 1. The van der Waals surface area contributed by atoms with E-state index in [1.54, 1.807) is 19.1 Å². The molecule has 1 aromatic rings. The first kappa shape index (κ1) is 17.4. The summed E-state index contributed by atoms with van der Waals surface area (Å²) in [6.45, 7) is 5.13. The number of benzene rings is 1. The Bertz CT molecular complexity index is 463. The van der Waals surface area contributed by atoms with Crippen molar-refractivity contribution in [3.05, 3.63) is 30.1 Å². The molecule has 4 nitrogen and oxygen atoms in total. The molecule has 0 saturated carbocycles. The first-order valence-corrected chi connectivity index (χ1v) is 7.29. The Hall–Kier alpha value is -1.62. The highest BCUT2D eigenvalue weighted by Gasteiger charge is 2.28. The molecule has 0 spiro atoms. The van der Waals surface area contributed by atoms with Crippen molar-refractivity contribution in [2.75, 3.05) is 25.1 Å². The lowest BCUT2D eigenvalue weighted by molar-refractivity contribution is -0.146. The molecule has 0 aliphatic rings. The van der Waals surface area contributed by atoms with Crippen LogP contribution in [0.1, 0.15) is 33.1 Å². The van der Waals surface area contributed by atoms with Crippen molar-refractivity contribution in [1.82, 2.24) is 0 Å². The van der Waals surface area contributed by atoms with Crippen LogP contribution in [0.25, 0.3) is 0 Å². The molecule has 1 rings (SSSR count). The SMILES string of the molecule is CCN(CCCCC(C)(N)C(=O)OC)c1ccccc1F. The summed E-state index contributed by atoms with van der Waals surface area (Å²) in [5, 5.41) is 0. The van der Waals surface area contributed by atoms with Crippen LogP contribution < -0.4 is 10.6 Å². The largest absolute Gasteiger partial charge is 0.468 e. The van der Waals surface area contributed by atoms with Gasteiger partial charge in [-0.3, -0.25) is 4.79 Å². The Morgan fingerprint density at radius 3 is 2.62 bits per heavy atom. The molecule has 118 valence electrons. The van der Waals surface area contributed by atoms with Crippen molar-refractivity contribution in [3.63, 3.8) is 0 Å². The lowest BCUT2D eigenvalue weighted by Crippen LogP contribution is -2.45. The van der Waals surface area contributed by atoms with Crippen LogP contribution in [-0.2, 0) is 9.53 Å². The van der Waals surface area contributed by atoms with Gasteiger partial charge in [0.15, 0.2) is 0 Å². The molecule has 5 heteroatoms. The number of rotatable bonds is 8. The van der Waals surface area contributed by atoms with Crippen molar-refractivity contribution in [2.45, 2.75) is 38.6 Å². The topological polar surface area (TPSA) is 55.6 Å². The van der Waals surface area contributed by atoms with E-state index >= 15 is 0 Å². The second-order valence-corrected chi connectivity index (χ2v) is 5.40. The van der Waals surface area contributed by atoms with Gasteiger partial charge in [0.05, 0.1) is 12.8 Å². The number of carbonyl (C=O) groups is 1. The fourth-order valence-corrected chi connectivity index (χ4v) is 2.29. The first-order chi connectivity index (χ1) is 9.92. The number of unbranched alkanes of at least 4 members (excludes halogenated alkanes) is 1. The van der Waals surface area contributed by atoms with Crippen molar-refractivity contribution in [2.24, 2.45) is 5.73 Å². The van der Waals surface area contributed by atoms with E-state index in [4.69, 9.17) is 5.73 Å². The highest BCUT2D eigenvalue weighted by Crippen LogP contribution is 2.20. The fraction of sp³-hybridized carbons (Fsp3) is 0.562. The summed E-state index contributed by atoms with van der Waals surface area (Å²) in [6.07, 6.45) is 2.17. The number of anilines is 1. The minimum atomic E-state index is -0.955. The van der Waals surface area contributed by atoms with Crippen molar-refractivity contribution in [3.8, 4) is 0 Å². The highest BCUT2D eigenvalue weighted by molar-refractivity contribution is 5.79. The zero-order chi connectivity index (χ0) is 15.9. The van der Waals surface area contributed by atoms with E-state index in [1.165, 1.54) is 13.2 Å². The molecule has 0 radical (unpaired) electrons. The van der Waals surface area contributed by atoms with Crippen LogP contribution in [0.5, 0.6) is 0 Å². The summed E-state index contributed by atoms with van der Waals surface area (Å²) >= 11 is 0. The van der Waals surface area contributed by atoms with E-state index in [2.05, 4.69) is 4.74 Å². The van der Waals surface area contributed by atoms with E-state index in [1.807, 2.05) is 17.9 Å². The summed E-state index contributed by atoms with van der Waals surface area (Å²) in [7, 11) is 1.34. The van der Waals surface area contributed by atoms with Crippen molar-refractivity contribution >= 4 is 11.7 Å². The Labute approximate surface area is 126 Å². The van der Waals surface area contributed by atoms with E-state index < -0.39 is 11.5 Å². The third-order valence-electron chi connectivity index (χ3n) is 3.60. The normalized spacial score (nSPS) is 13.6. The van der Waals surface area contributed by atoms with E-state index in [9.17, 15) is 9.18 Å². The number of methoxy groups -OCH3 is 1. The summed E-state index contributed by atoms with van der Waals surface area (Å²) in [5.41, 5.74) is 5.57. The van der Waals surface area contributed by atoms with Gasteiger partial charge in [-0.05, 0) is 45.2 Å². The standard InChI is InChI=1S/C16H25FN2O2/c1-4-19(14-10-6-5-9-13(14)17)12-8-7-11-16(2,18)15(20)21-3/h5-6,9-10H,4,7-8,11-12,18H2,1-3H3. The van der Waals surface area contributed by atoms with Crippen LogP contribution in [0.2, 0.25) is 0 Å². The molecule has 1 unspecified atom stereocenters. The van der Waals surface area contributed by atoms with E-state index in [0.29, 0.717) is 12.1 Å². The molecule has 21 heavy (non-hydrogen) atoms. The first-order valence-electron chi connectivity index (χ1n) is 7.29. The van der Waals surface area contributed by atoms with Gasteiger partial charge in [0.2, 0.25) is 0 Å². The second kappa shape index (κ2) is 7.98. The number of nitrogens with zero attached hydrogens (tertiary/aromatic N) is 1. The molecule has 0 bridgehead atoms. The molecule has 0 heterocycles. The number of para-hydroxylation sites is 1. The predicted octanol–water partition coefficient (Wildman–Crippen LogP) is 2.71. The molecule has 0 fully saturated rings. The molecule has 0 aliphatic heterocycles. The zero-order valence-corrected chi connectivity index (χ0v) is 13.1. The van der Waals surface area contributed by atoms with Crippen LogP contribution in [-0.4, -0.2) is 31.7 Å². The number of ether oxygens (including phenoxy) is 1. The van der Waals surface area contributed by atoms with Crippen LogP contribution in [0, 0.1) is 5.82 Å². The maximum atomic E-state index is 13.8. The summed E-state index contributed by atoms with van der Waals surface area (Å²) in [5.74, 6) is -0.610. The third kappa shape index (κ3) is 5.01. The number of hydrogen-bond donors (Lipinski definition) is 1. The minimum absolute atomic E-state index is 0.211. The van der Waals surface area contributed by atoms with Gasteiger partial charge >= 0.3 is 5.97 Å². The molecule has 0 saturated heterocycles. The average Bonchev–Trinajstić information content (AvgIpc) is 2.47. The number of esters is 1.